The number of ether oxygens (including phenoxy) is 1. The van der Waals surface area contributed by atoms with Gasteiger partial charge in [0.25, 0.3) is 5.91 Å². The van der Waals surface area contributed by atoms with Crippen molar-refractivity contribution >= 4 is 29.1 Å². The first-order chi connectivity index (χ1) is 18.0. The molecule has 9 nitrogen and oxygen atoms in total. The predicted octanol–water partition coefficient (Wildman–Crippen LogP) is 3.91. The Kier molecular flexibility index (Phi) is 7.60. The number of aromatic nitrogens is 2. The Bertz CT molecular complexity index is 1140. The van der Waals surface area contributed by atoms with Gasteiger partial charge in [-0.1, -0.05) is 44.6 Å². The Balaban J connectivity index is 1.36. The third-order valence-electron chi connectivity index (χ3n) is 8.33. The number of nitrogens with one attached hydrogen (secondary N) is 3. The molecule has 0 bridgehead atoms. The van der Waals surface area contributed by atoms with Gasteiger partial charge in [-0.25, -0.2) is 0 Å². The van der Waals surface area contributed by atoms with Gasteiger partial charge in [-0.3, -0.25) is 19.1 Å². The molecule has 2 aliphatic heterocycles. The molecule has 198 valence electrons. The Morgan fingerprint density at radius 2 is 1.78 bits per heavy atom. The van der Waals surface area contributed by atoms with E-state index in [1.54, 1.807) is 19.3 Å². The van der Waals surface area contributed by atoms with Crippen LogP contribution in [0.2, 0.25) is 0 Å². The average Bonchev–Trinajstić information content (AvgIpc) is 3.47. The second kappa shape index (κ2) is 11.0. The summed E-state index contributed by atoms with van der Waals surface area (Å²) in [5.41, 5.74) is 2.19. The van der Waals surface area contributed by atoms with Gasteiger partial charge < -0.3 is 20.7 Å². The lowest BCUT2D eigenvalue weighted by Crippen LogP contribution is -2.49. The molecule has 1 saturated carbocycles. The molecule has 1 saturated heterocycles. The SMILES string of the molecule is Cn1nccc1C(=O)NC(C(=O)Nc1ccc2c(c1)NC(=O)C21CCOCC1)C1CCCCCCCC1. The molecule has 1 aliphatic carbocycles. The summed E-state index contributed by atoms with van der Waals surface area (Å²) in [5.74, 6) is -0.483. The molecular formula is C28H37N5O4. The van der Waals surface area contributed by atoms with E-state index in [9.17, 15) is 14.4 Å². The number of benzene rings is 1. The van der Waals surface area contributed by atoms with Gasteiger partial charge in [0.2, 0.25) is 11.8 Å². The Morgan fingerprint density at radius 3 is 2.46 bits per heavy atom. The maximum atomic E-state index is 13.7. The van der Waals surface area contributed by atoms with Gasteiger partial charge in [0.15, 0.2) is 0 Å². The van der Waals surface area contributed by atoms with Crippen molar-refractivity contribution in [2.75, 3.05) is 23.8 Å². The Labute approximate surface area is 217 Å². The highest BCUT2D eigenvalue weighted by molar-refractivity contribution is 6.07. The highest BCUT2D eigenvalue weighted by atomic mass is 16.5. The molecular weight excluding hydrogens is 470 g/mol. The number of carbonyl (C=O) groups excluding carboxylic acids is 3. The third-order valence-corrected chi connectivity index (χ3v) is 8.33. The summed E-state index contributed by atoms with van der Waals surface area (Å²) in [7, 11) is 1.72. The number of hydrogen-bond acceptors (Lipinski definition) is 5. The minimum atomic E-state index is -0.662. The first kappa shape index (κ1) is 25.4. The average molecular weight is 508 g/mol. The lowest BCUT2D eigenvalue weighted by Gasteiger charge is -2.31. The van der Waals surface area contributed by atoms with Gasteiger partial charge in [0, 0.05) is 37.8 Å². The molecule has 1 aromatic carbocycles. The molecule has 9 heteroatoms. The standard InChI is InChI=1S/C28H37N5O4/c1-33-23(12-15-29-33)25(34)32-24(19-8-6-4-2-3-5-7-9-19)26(35)30-20-10-11-21-22(18-20)31-27(36)28(21)13-16-37-17-14-28/h10-12,15,18-19,24H,2-9,13-14,16-17H2,1H3,(H,30,35)(H,31,36)(H,32,34). The molecule has 3 aliphatic rings. The summed E-state index contributed by atoms with van der Waals surface area (Å²) in [6, 6.07) is 6.63. The van der Waals surface area contributed by atoms with E-state index < -0.39 is 11.5 Å². The van der Waals surface area contributed by atoms with Gasteiger partial charge in [-0.05, 0) is 55.4 Å². The van der Waals surface area contributed by atoms with Crippen molar-refractivity contribution in [2.45, 2.75) is 75.7 Å². The van der Waals surface area contributed by atoms with Gasteiger partial charge in [0.1, 0.15) is 11.7 Å². The van der Waals surface area contributed by atoms with Gasteiger partial charge >= 0.3 is 0 Å². The van der Waals surface area contributed by atoms with Crippen molar-refractivity contribution in [1.29, 1.82) is 0 Å². The lowest BCUT2D eigenvalue weighted by atomic mass is 9.75. The van der Waals surface area contributed by atoms with Crippen molar-refractivity contribution in [1.82, 2.24) is 15.1 Å². The van der Waals surface area contributed by atoms with E-state index in [0.717, 1.165) is 49.8 Å². The highest BCUT2D eigenvalue weighted by Gasteiger charge is 2.47. The first-order valence-corrected chi connectivity index (χ1v) is 13.6. The fourth-order valence-corrected chi connectivity index (χ4v) is 6.15. The summed E-state index contributed by atoms with van der Waals surface area (Å²) >= 11 is 0. The van der Waals surface area contributed by atoms with E-state index in [-0.39, 0.29) is 23.6 Å². The number of hydrogen-bond donors (Lipinski definition) is 3. The summed E-state index contributed by atoms with van der Waals surface area (Å²) in [6.07, 6.45) is 11.5. The highest BCUT2D eigenvalue weighted by Crippen LogP contribution is 2.45. The predicted molar refractivity (Wildman–Crippen MR) is 140 cm³/mol. The zero-order valence-electron chi connectivity index (χ0n) is 21.6. The number of carbonyl (C=O) groups is 3. The first-order valence-electron chi connectivity index (χ1n) is 13.6. The van der Waals surface area contributed by atoms with Crippen LogP contribution in [-0.4, -0.2) is 46.8 Å². The van der Waals surface area contributed by atoms with Crippen molar-refractivity contribution in [2.24, 2.45) is 13.0 Å². The molecule has 1 spiro atoms. The van der Waals surface area contributed by atoms with E-state index in [1.807, 2.05) is 18.2 Å². The van der Waals surface area contributed by atoms with Gasteiger partial charge in [0.05, 0.1) is 5.41 Å². The number of rotatable bonds is 5. The second-order valence-electron chi connectivity index (χ2n) is 10.6. The van der Waals surface area contributed by atoms with Crippen LogP contribution < -0.4 is 16.0 Å². The summed E-state index contributed by atoms with van der Waals surface area (Å²) < 4.78 is 7.01. The van der Waals surface area contributed by atoms with Crippen LogP contribution in [0.15, 0.2) is 30.5 Å². The zero-order chi connectivity index (χ0) is 25.8. The smallest absolute Gasteiger partial charge is 0.270 e. The molecule has 3 N–H and O–H groups in total. The molecule has 2 aromatic rings. The van der Waals surface area contributed by atoms with E-state index in [2.05, 4.69) is 21.0 Å². The number of aryl methyl sites for hydroxylation is 1. The Morgan fingerprint density at radius 1 is 1.08 bits per heavy atom. The molecule has 1 aromatic heterocycles. The minimum Gasteiger partial charge on any atom is -0.381 e. The Hall–Kier alpha value is -3.20. The van der Waals surface area contributed by atoms with Crippen LogP contribution in [0.25, 0.3) is 0 Å². The summed E-state index contributed by atoms with van der Waals surface area (Å²) in [5, 5.41) is 13.2. The molecule has 5 rings (SSSR count). The van der Waals surface area contributed by atoms with Crippen LogP contribution in [0, 0.1) is 5.92 Å². The number of nitrogens with zero attached hydrogens (tertiary/aromatic N) is 2. The molecule has 1 atom stereocenters. The number of fused-ring (bicyclic) bond motifs is 2. The number of anilines is 2. The molecule has 3 amide bonds. The minimum absolute atomic E-state index is 0.00109. The van der Waals surface area contributed by atoms with Crippen LogP contribution in [0.1, 0.15) is 80.3 Å². The van der Waals surface area contributed by atoms with Gasteiger partial charge in [-0.15, -0.1) is 0 Å². The maximum Gasteiger partial charge on any atom is 0.270 e. The molecule has 3 heterocycles. The van der Waals surface area contributed by atoms with E-state index in [0.29, 0.717) is 37.4 Å². The van der Waals surface area contributed by atoms with Crippen molar-refractivity contribution in [3.63, 3.8) is 0 Å². The lowest BCUT2D eigenvalue weighted by molar-refractivity contribution is -0.124. The molecule has 2 fully saturated rings. The van der Waals surface area contributed by atoms with Gasteiger partial charge in [-0.2, -0.15) is 5.10 Å². The fraction of sp³-hybridized carbons (Fsp3) is 0.571. The molecule has 37 heavy (non-hydrogen) atoms. The third kappa shape index (κ3) is 5.28. The van der Waals surface area contributed by atoms with E-state index >= 15 is 0 Å². The van der Waals surface area contributed by atoms with E-state index in [4.69, 9.17) is 4.74 Å². The van der Waals surface area contributed by atoms with E-state index in [1.165, 1.54) is 17.5 Å². The molecule has 0 radical (unpaired) electrons. The maximum absolute atomic E-state index is 13.7. The zero-order valence-corrected chi connectivity index (χ0v) is 21.6. The van der Waals surface area contributed by atoms with Crippen LogP contribution in [-0.2, 0) is 26.8 Å². The largest absolute Gasteiger partial charge is 0.381 e. The van der Waals surface area contributed by atoms with Crippen LogP contribution in [0.4, 0.5) is 11.4 Å². The molecule has 1 unspecified atom stereocenters. The van der Waals surface area contributed by atoms with Crippen LogP contribution in [0.5, 0.6) is 0 Å². The summed E-state index contributed by atoms with van der Waals surface area (Å²) in [6.45, 7) is 1.12. The van der Waals surface area contributed by atoms with Crippen LogP contribution >= 0.6 is 0 Å². The van der Waals surface area contributed by atoms with Crippen molar-refractivity contribution in [3.8, 4) is 0 Å². The van der Waals surface area contributed by atoms with Crippen molar-refractivity contribution in [3.05, 3.63) is 41.7 Å². The second-order valence-corrected chi connectivity index (χ2v) is 10.6. The topological polar surface area (TPSA) is 114 Å². The quantitative estimate of drug-likeness (QED) is 0.568. The summed E-state index contributed by atoms with van der Waals surface area (Å²) in [4.78, 5) is 39.7. The van der Waals surface area contributed by atoms with Crippen LogP contribution in [0.3, 0.4) is 0 Å². The number of amides is 3. The monoisotopic (exact) mass is 507 g/mol. The van der Waals surface area contributed by atoms with Crippen molar-refractivity contribution < 1.29 is 19.1 Å². The fourth-order valence-electron chi connectivity index (χ4n) is 6.15. The normalized spacial score (nSPS) is 20.7.